The Balaban J connectivity index is 1.50. The molecule has 0 atom stereocenters. The highest BCUT2D eigenvalue weighted by Crippen LogP contribution is 2.25. The normalized spacial score (nSPS) is 10.8. The number of fused-ring (bicyclic) bond motifs is 1. The Morgan fingerprint density at radius 1 is 1.00 bits per heavy atom. The number of carbonyl (C=O) groups excluding carboxylic acids is 1. The van der Waals surface area contributed by atoms with Crippen molar-refractivity contribution in [3.63, 3.8) is 0 Å². The summed E-state index contributed by atoms with van der Waals surface area (Å²) < 4.78 is 5.63. The minimum Gasteiger partial charge on any atom is -0.483 e. The number of benzene rings is 3. The number of H-pyrrole nitrogens is 1. The van der Waals surface area contributed by atoms with Gasteiger partial charge in [-0.3, -0.25) is 4.79 Å². The lowest BCUT2D eigenvalue weighted by Gasteiger charge is -2.12. The van der Waals surface area contributed by atoms with E-state index in [0.717, 1.165) is 39.2 Å². The monoisotopic (exact) mass is 371 g/mol. The number of nitrogens with zero attached hydrogens (tertiary/aromatic N) is 1. The average molecular weight is 371 g/mol. The van der Waals surface area contributed by atoms with Crippen LogP contribution in [0.15, 0.2) is 66.7 Å². The highest BCUT2D eigenvalue weighted by molar-refractivity contribution is 5.93. The number of aromatic nitrogens is 2. The molecule has 2 N–H and O–H groups in total. The summed E-state index contributed by atoms with van der Waals surface area (Å²) in [6.45, 7) is 3.87. The first-order chi connectivity index (χ1) is 13.6. The van der Waals surface area contributed by atoms with Gasteiger partial charge in [-0.2, -0.15) is 0 Å². The van der Waals surface area contributed by atoms with Crippen LogP contribution in [0.1, 0.15) is 11.1 Å². The molecule has 3 aromatic carbocycles. The van der Waals surface area contributed by atoms with E-state index >= 15 is 0 Å². The summed E-state index contributed by atoms with van der Waals surface area (Å²) in [7, 11) is 0. The van der Waals surface area contributed by atoms with Crippen molar-refractivity contribution in [3.8, 4) is 17.1 Å². The molecule has 5 heteroatoms. The summed E-state index contributed by atoms with van der Waals surface area (Å²) in [5.74, 6) is 1.28. The number of para-hydroxylation sites is 3. The van der Waals surface area contributed by atoms with Gasteiger partial charge in [-0.15, -0.1) is 0 Å². The molecular weight excluding hydrogens is 350 g/mol. The number of nitrogens with one attached hydrogen (secondary N) is 2. The first-order valence-electron chi connectivity index (χ1n) is 9.14. The quantitative estimate of drug-likeness (QED) is 0.526. The number of hydrogen-bond donors (Lipinski definition) is 2. The second-order valence-corrected chi connectivity index (χ2v) is 6.73. The van der Waals surface area contributed by atoms with Crippen LogP contribution in [0.4, 0.5) is 5.69 Å². The number of amides is 1. The topological polar surface area (TPSA) is 67.0 Å². The lowest BCUT2D eigenvalue weighted by molar-refractivity contribution is -0.118. The van der Waals surface area contributed by atoms with Crippen LogP contribution in [0.3, 0.4) is 0 Å². The minimum absolute atomic E-state index is 0.0425. The van der Waals surface area contributed by atoms with Crippen molar-refractivity contribution in [1.29, 1.82) is 0 Å². The van der Waals surface area contributed by atoms with Gasteiger partial charge in [0, 0.05) is 11.3 Å². The van der Waals surface area contributed by atoms with Crippen molar-refractivity contribution < 1.29 is 9.53 Å². The van der Waals surface area contributed by atoms with Crippen molar-refractivity contribution in [1.82, 2.24) is 9.97 Å². The van der Waals surface area contributed by atoms with E-state index in [1.807, 2.05) is 80.6 Å². The van der Waals surface area contributed by atoms with Crippen LogP contribution in [0.25, 0.3) is 22.4 Å². The van der Waals surface area contributed by atoms with Gasteiger partial charge in [0.05, 0.1) is 11.0 Å². The van der Waals surface area contributed by atoms with Gasteiger partial charge in [0.1, 0.15) is 11.6 Å². The van der Waals surface area contributed by atoms with E-state index in [2.05, 4.69) is 15.3 Å². The zero-order valence-corrected chi connectivity index (χ0v) is 15.8. The van der Waals surface area contributed by atoms with Gasteiger partial charge in [0.25, 0.3) is 5.91 Å². The third-order valence-electron chi connectivity index (χ3n) is 4.63. The van der Waals surface area contributed by atoms with Gasteiger partial charge in [-0.25, -0.2) is 4.98 Å². The molecule has 0 unspecified atom stereocenters. The van der Waals surface area contributed by atoms with Crippen LogP contribution in [0, 0.1) is 13.8 Å². The summed E-state index contributed by atoms with van der Waals surface area (Å²) in [4.78, 5) is 20.3. The molecular formula is C23H21N3O2. The molecule has 0 saturated heterocycles. The Bertz CT molecular complexity index is 1110. The highest BCUT2D eigenvalue weighted by atomic mass is 16.5. The fourth-order valence-electron chi connectivity index (χ4n) is 3.04. The minimum atomic E-state index is -0.201. The number of hydrogen-bond acceptors (Lipinski definition) is 3. The van der Waals surface area contributed by atoms with Crippen molar-refractivity contribution >= 4 is 22.6 Å². The van der Waals surface area contributed by atoms with Crippen molar-refractivity contribution in [3.05, 3.63) is 77.9 Å². The van der Waals surface area contributed by atoms with E-state index in [4.69, 9.17) is 4.74 Å². The standard InChI is InChI=1S/C23H21N3O2/c1-15-11-12-17(23-25-18-8-4-5-9-19(18)26-23)13-20(15)24-22(27)14-28-21-10-6-3-7-16(21)2/h3-13H,14H2,1-2H3,(H,24,27)(H,25,26). The first-order valence-corrected chi connectivity index (χ1v) is 9.14. The van der Waals surface area contributed by atoms with Gasteiger partial charge in [0.15, 0.2) is 6.61 Å². The zero-order valence-electron chi connectivity index (χ0n) is 15.8. The molecule has 140 valence electrons. The van der Waals surface area contributed by atoms with Crippen molar-refractivity contribution in [2.75, 3.05) is 11.9 Å². The predicted octanol–water partition coefficient (Wildman–Crippen LogP) is 4.86. The smallest absolute Gasteiger partial charge is 0.262 e. The van der Waals surface area contributed by atoms with Gasteiger partial charge >= 0.3 is 0 Å². The Morgan fingerprint density at radius 3 is 2.61 bits per heavy atom. The molecule has 0 saturated carbocycles. The maximum Gasteiger partial charge on any atom is 0.262 e. The Morgan fingerprint density at radius 2 is 1.79 bits per heavy atom. The molecule has 0 bridgehead atoms. The number of anilines is 1. The first kappa shape index (κ1) is 17.8. The van der Waals surface area contributed by atoms with Crippen LogP contribution < -0.4 is 10.1 Å². The summed E-state index contributed by atoms with van der Waals surface area (Å²) in [5, 5.41) is 2.94. The van der Waals surface area contributed by atoms with E-state index in [-0.39, 0.29) is 12.5 Å². The molecule has 5 nitrogen and oxygen atoms in total. The number of carbonyl (C=O) groups is 1. The maximum absolute atomic E-state index is 12.4. The van der Waals surface area contributed by atoms with E-state index in [9.17, 15) is 4.79 Å². The number of imidazole rings is 1. The van der Waals surface area contributed by atoms with Crippen LogP contribution in [-0.4, -0.2) is 22.5 Å². The molecule has 0 fully saturated rings. The molecule has 1 amide bonds. The van der Waals surface area contributed by atoms with Gasteiger partial charge in [-0.05, 0) is 49.2 Å². The fraction of sp³-hybridized carbons (Fsp3) is 0.130. The fourth-order valence-corrected chi connectivity index (χ4v) is 3.04. The third-order valence-corrected chi connectivity index (χ3v) is 4.63. The molecule has 28 heavy (non-hydrogen) atoms. The molecule has 0 aliphatic heterocycles. The van der Waals surface area contributed by atoms with Crippen LogP contribution >= 0.6 is 0 Å². The number of aromatic amines is 1. The number of ether oxygens (including phenoxy) is 1. The van der Waals surface area contributed by atoms with Crippen LogP contribution in [0.2, 0.25) is 0 Å². The molecule has 0 aliphatic carbocycles. The van der Waals surface area contributed by atoms with Gasteiger partial charge in [0.2, 0.25) is 0 Å². The molecule has 0 spiro atoms. The molecule has 0 aliphatic rings. The molecule has 4 aromatic rings. The predicted molar refractivity (Wildman–Crippen MR) is 112 cm³/mol. The van der Waals surface area contributed by atoms with Crippen molar-refractivity contribution in [2.45, 2.75) is 13.8 Å². The Hall–Kier alpha value is -3.60. The summed E-state index contributed by atoms with van der Waals surface area (Å²) in [6.07, 6.45) is 0. The van der Waals surface area contributed by atoms with Gasteiger partial charge in [-0.1, -0.05) is 42.5 Å². The SMILES string of the molecule is Cc1ccc(-c2nc3ccccc3[nH]2)cc1NC(=O)COc1ccccc1C. The van der Waals surface area contributed by atoms with E-state index in [0.29, 0.717) is 5.75 Å². The molecule has 0 radical (unpaired) electrons. The number of aryl methyl sites for hydroxylation is 2. The van der Waals surface area contributed by atoms with Gasteiger partial charge < -0.3 is 15.0 Å². The van der Waals surface area contributed by atoms with Crippen molar-refractivity contribution in [2.24, 2.45) is 0 Å². The lowest BCUT2D eigenvalue weighted by atomic mass is 10.1. The largest absolute Gasteiger partial charge is 0.483 e. The van der Waals surface area contributed by atoms with Crippen LogP contribution in [0.5, 0.6) is 5.75 Å². The summed E-state index contributed by atoms with van der Waals surface area (Å²) in [6, 6.07) is 21.4. The van der Waals surface area contributed by atoms with Crippen LogP contribution in [-0.2, 0) is 4.79 Å². The summed E-state index contributed by atoms with van der Waals surface area (Å²) in [5.41, 5.74) is 5.53. The average Bonchev–Trinajstić information content (AvgIpc) is 3.13. The van der Waals surface area contributed by atoms with E-state index in [1.165, 1.54) is 0 Å². The second-order valence-electron chi connectivity index (χ2n) is 6.73. The second kappa shape index (κ2) is 7.56. The van der Waals surface area contributed by atoms with E-state index in [1.54, 1.807) is 0 Å². The Kier molecular flexibility index (Phi) is 4.81. The maximum atomic E-state index is 12.4. The molecule has 4 rings (SSSR count). The van der Waals surface area contributed by atoms with E-state index < -0.39 is 0 Å². The highest BCUT2D eigenvalue weighted by Gasteiger charge is 2.10. The third kappa shape index (κ3) is 3.74. The molecule has 1 heterocycles. The number of rotatable bonds is 5. The molecule has 1 aromatic heterocycles. The lowest BCUT2D eigenvalue weighted by Crippen LogP contribution is -2.21. The summed E-state index contributed by atoms with van der Waals surface area (Å²) >= 11 is 0. The Labute approximate surface area is 163 Å². The zero-order chi connectivity index (χ0) is 19.5.